The van der Waals surface area contributed by atoms with Crippen molar-refractivity contribution in [1.82, 2.24) is 34.9 Å². The predicted molar refractivity (Wildman–Crippen MR) is 81.9 cm³/mol. The van der Waals surface area contributed by atoms with Crippen molar-refractivity contribution in [3.63, 3.8) is 0 Å². The van der Waals surface area contributed by atoms with Crippen LogP contribution in [0.3, 0.4) is 0 Å². The third-order valence-corrected chi connectivity index (χ3v) is 4.12. The summed E-state index contributed by atoms with van der Waals surface area (Å²) in [4.78, 5) is 19.5. The van der Waals surface area contributed by atoms with E-state index in [1.807, 2.05) is 40.6 Å². The second kappa shape index (κ2) is 5.45. The maximum absolute atomic E-state index is 13.1. The Labute approximate surface area is 132 Å². The number of rotatable bonds is 5. The van der Waals surface area contributed by atoms with Crippen LogP contribution in [0.25, 0.3) is 5.65 Å². The molecule has 8 nitrogen and oxygen atoms in total. The zero-order valence-electron chi connectivity index (χ0n) is 12.8. The highest BCUT2D eigenvalue weighted by molar-refractivity contribution is 5.95. The zero-order valence-corrected chi connectivity index (χ0v) is 12.8. The van der Waals surface area contributed by atoms with E-state index in [0.717, 1.165) is 24.2 Å². The van der Waals surface area contributed by atoms with Gasteiger partial charge in [0.05, 0.1) is 5.69 Å². The first-order valence-electron chi connectivity index (χ1n) is 7.71. The van der Waals surface area contributed by atoms with Crippen molar-refractivity contribution < 1.29 is 4.79 Å². The smallest absolute Gasteiger partial charge is 0.273 e. The summed E-state index contributed by atoms with van der Waals surface area (Å²) in [5, 5.41) is 13.9. The van der Waals surface area contributed by atoms with Crippen LogP contribution in [-0.2, 0) is 6.42 Å². The lowest BCUT2D eigenvalue weighted by atomic mass is 10.2. The van der Waals surface area contributed by atoms with Crippen molar-refractivity contribution in [3.8, 4) is 0 Å². The molecule has 4 rings (SSSR count). The topological polar surface area (TPSA) is 92.1 Å². The normalized spacial score (nSPS) is 14.3. The fourth-order valence-corrected chi connectivity index (χ4v) is 2.85. The average molecular weight is 311 g/mol. The number of pyridine rings is 1. The average Bonchev–Trinajstić information content (AvgIpc) is 3.13. The monoisotopic (exact) mass is 311 g/mol. The minimum absolute atomic E-state index is 0.0206. The standard InChI is InChI=1S/C15H17N7O/c1-10-14(22-8-3-2-4-13(22)16-10)15(23)21(11-5-6-11)9-7-12-17-19-20-18-12/h2-4,8,11H,5-7,9H2,1H3,(H,17,18,19,20). The molecule has 3 aromatic heterocycles. The first kappa shape index (κ1) is 13.9. The van der Waals surface area contributed by atoms with Gasteiger partial charge < -0.3 is 4.90 Å². The largest absolute Gasteiger partial charge is 0.334 e. The highest BCUT2D eigenvalue weighted by Crippen LogP contribution is 2.29. The number of carbonyl (C=O) groups is 1. The number of aryl methyl sites for hydroxylation is 1. The first-order chi connectivity index (χ1) is 11.2. The highest BCUT2D eigenvalue weighted by atomic mass is 16.2. The van der Waals surface area contributed by atoms with E-state index in [1.165, 1.54) is 0 Å². The maximum atomic E-state index is 13.1. The molecule has 0 spiro atoms. The second-order valence-electron chi connectivity index (χ2n) is 5.78. The Morgan fingerprint density at radius 1 is 1.43 bits per heavy atom. The fourth-order valence-electron chi connectivity index (χ4n) is 2.85. The molecule has 23 heavy (non-hydrogen) atoms. The number of imidazole rings is 1. The molecular formula is C15H17N7O. The number of aromatic amines is 1. The third kappa shape index (κ3) is 2.56. The molecule has 1 saturated carbocycles. The number of carbonyl (C=O) groups excluding carboxylic acids is 1. The SMILES string of the molecule is Cc1nc2ccccn2c1C(=O)N(CCc1nn[nH]n1)C1CC1. The number of aromatic nitrogens is 6. The van der Waals surface area contributed by atoms with Gasteiger partial charge in [-0.05, 0) is 31.9 Å². The molecule has 0 aliphatic heterocycles. The maximum Gasteiger partial charge on any atom is 0.273 e. The molecule has 1 aliphatic rings. The number of fused-ring (bicyclic) bond motifs is 1. The lowest BCUT2D eigenvalue weighted by Crippen LogP contribution is -2.36. The Morgan fingerprint density at radius 3 is 3.04 bits per heavy atom. The van der Waals surface area contributed by atoms with E-state index in [-0.39, 0.29) is 5.91 Å². The summed E-state index contributed by atoms with van der Waals surface area (Å²) < 4.78 is 1.86. The molecule has 0 bridgehead atoms. The fraction of sp³-hybridized carbons (Fsp3) is 0.400. The van der Waals surface area contributed by atoms with Gasteiger partial charge in [0.15, 0.2) is 5.82 Å². The van der Waals surface area contributed by atoms with Gasteiger partial charge >= 0.3 is 0 Å². The Bertz CT molecular complexity index is 835. The summed E-state index contributed by atoms with van der Waals surface area (Å²) in [5.41, 5.74) is 2.19. The Morgan fingerprint density at radius 2 is 2.30 bits per heavy atom. The molecule has 1 fully saturated rings. The van der Waals surface area contributed by atoms with Gasteiger partial charge in [0.25, 0.3) is 5.91 Å². The van der Waals surface area contributed by atoms with Crippen molar-refractivity contribution in [2.24, 2.45) is 0 Å². The molecule has 3 heterocycles. The van der Waals surface area contributed by atoms with Crippen molar-refractivity contribution in [1.29, 1.82) is 0 Å². The molecular weight excluding hydrogens is 294 g/mol. The molecule has 0 unspecified atom stereocenters. The van der Waals surface area contributed by atoms with E-state index in [4.69, 9.17) is 0 Å². The minimum Gasteiger partial charge on any atom is -0.334 e. The van der Waals surface area contributed by atoms with Crippen molar-refractivity contribution in [2.45, 2.75) is 32.2 Å². The van der Waals surface area contributed by atoms with E-state index in [9.17, 15) is 4.79 Å². The number of tetrazole rings is 1. The molecule has 3 aromatic rings. The molecule has 0 aromatic carbocycles. The van der Waals surface area contributed by atoms with E-state index < -0.39 is 0 Å². The summed E-state index contributed by atoms with van der Waals surface area (Å²) in [6, 6.07) is 6.05. The van der Waals surface area contributed by atoms with Crippen molar-refractivity contribution in [3.05, 3.63) is 41.6 Å². The Balaban J connectivity index is 1.63. The highest BCUT2D eigenvalue weighted by Gasteiger charge is 2.34. The van der Waals surface area contributed by atoms with Gasteiger partial charge in [-0.15, -0.1) is 10.2 Å². The summed E-state index contributed by atoms with van der Waals surface area (Å²) in [7, 11) is 0. The molecule has 1 N–H and O–H groups in total. The van der Waals surface area contributed by atoms with Gasteiger partial charge in [0, 0.05) is 25.2 Å². The zero-order chi connectivity index (χ0) is 15.8. The van der Waals surface area contributed by atoms with Crippen LogP contribution in [0.15, 0.2) is 24.4 Å². The molecule has 1 amide bonds. The van der Waals surface area contributed by atoms with Gasteiger partial charge in [-0.25, -0.2) is 4.98 Å². The molecule has 0 atom stereocenters. The summed E-state index contributed by atoms with van der Waals surface area (Å²) >= 11 is 0. The summed E-state index contributed by atoms with van der Waals surface area (Å²) in [6.07, 6.45) is 4.57. The van der Waals surface area contributed by atoms with Crippen molar-refractivity contribution in [2.75, 3.05) is 6.54 Å². The number of hydrogen-bond donors (Lipinski definition) is 1. The van der Waals surface area contributed by atoms with Crippen LogP contribution >= 0.6 is 0 Å². The van der Waals surface area contributed by atoms with E-state index in [2.05, 4.69) is 25.6 Å². The summed E-state index contributed by atoms with van der Waals surface area (Å²) in [5.74, 6) is 0.644. The number of amides is 1. The van der Waals surface area contributed by atoms with E-state index >= 15 is 0 Å². The first-order valence-corrected chi connectivity index (χ1v) is 7.71. The van der Waals surface area contributed by atoms with Crippen LogP contribution in [0.2, 0.25) is 0 Å². The molecule has 1 aliphatic carbocycles. The van der Waals surface area contributed by atoms with Gasteiger partial charge in [0.1, 0.15) is 11.3 Å². The van der Waals surface area contributed by atoms with Gasteiger partial charge in [-0.3, -0.25) is 9.20 Å². The lowest BCUT2D eigenvalue weighted by molar-refractivity contribution is 0.0736. The minimum atomic E-state index is 0.0206. The Kier molecular flexibility index (Phi) is 3.29. The molecule has 0 saturated heterocycles. The van der Waals surface area contributed by atoms with Crippen LogP contribution < -0.4 is 0 Å². The Hall–Kier alpha value is -2.77. The lowest BCUT2D eigenvalue weighted by Gasteiger charge is -2.21. The van der Waals surface area contributed by atoms with Gasteiger partial charge in [-0.1, -0.05) is 11.3 Å². The third-order valence-electron chi connectivity index (χ3n) is 4.12. The van der Waals surface area contributed by atoms with Crippen molar-refractivity contribution >= 4 is 11.6 Å². The number of H-pyrrole nitrogens is 1. The van der Waals surface area contributed by atoms with Crippen LogP contribution in [0.4, 0.5) is 0 Å². The van der Waals surface area contributed by atoms with Crippen LogP contribution in [0.5, 0.6) is 0 Å². The predicted octanol–water partition coefficient (Wildman–Crippen LogP) is 1.00. The van der Waals surface area contributed by atoms with E-state index in [0.29, 0.717) is 30.5 Å². The number of hydrogen-bond acceptors (Lipinski definition) is 5. The molecule has 0 radical (unpaired) electrons. The number of nitrogens with zero attached hydrogens (tertiary/aromatic N) is 6. The second-order valence-corrected chi connectivity index (χ2v) is 5.78. The van der Waals surface area contributed by atoms with Crippen LogP contribution in [0, 0.1) is 6.92 Å². The number of nitrogens with one attached hydrogen (secondary N) is 1. The quantitative estimate of drug-likeness (QED) is 0.759. The molecule has 118 valence electrons. The van der Waals surface area contributed by atoms with Crippen LogP contribution in [-0.4, -0.2) is 53.4 Å². The van der Waals surface area contributed by atoms with Crippen LogP contribution in [0.1, 0.15) is 34.8 Å². The summed E-state index contributed by atoms with van der Waals surface area (Å²) in [6.45, 7) is 2.47. The molecule has 8 heteroatoms. The van der Waals surface area contributed by atoms with Gasteiger partial charge in [0.2, 0.25) is 0 Å². The van der Waals surface area contributed by atoms with Gasteiger partial charge in [-0.2, -0.15) is 5.21 Å². The van der Waals surface area contributed by atoms with E-state index in [1.54, 1.807) is 0 Å².